The van der Waals surface area contributed by atoms with Gasteiger partial charge in [0.05, 0.1) is 5.69 Å². The Morgan fingerprint density at radius 3 is 2.90 bits per heavy atom. The van der Waals surface area contributed by atoms with Gasteiger partial charge in [0, 0.05) is 40.9 Å². The van der Waals surface area contributed by atoms with Crippen LogP contribution < -0.4 is 11.1 Å². The van der Waals surface area contributed by atoms with Crippen LogP contribution in [-0.4, -0.2) is 26.1 Å². The molecule has 7 nitrogen and oxygen atoms in total. The lowest BCUT2D eigenvalue weighted by atomic mass is 10.0. The number of benzene rings is 1. The van der Waals surface area contributed by atoms with Gasteiger partial charge in [0.2, 0.25) is 5.91 Å². The Labute approximate surface area is 167 Å². The molecule has 0 spiro atoms. The van der Waals surface area contributed by atoms with Crippen LogP contribution in [0.3, 0.4) is 0 Å². The van der Waals surface area contributed by atoms with Gasteiger partial charge in [0.25, 0.3) is 0 Å². The molecule has 4 N–H and O–H groups in total. The molecule has 2 atom stereocenters. The summed E-state index contributed by atoms with van der Waals surface area (Å²) in [5.74, 6) is 1.05. The van der Waals surface area contributed by atoms with Gasteiger partial charge in [-0.15, -0.1) is 0 Å². The van der Waals surface area contributed by atoms with Crippen molar-refractivity contribution in [3.63, 3.8) is 0 Å². The number of nitrogens with two attached hydrogens (primary N) is 1. The van der Waals surface area contributed by atoms with E-state index in [1.165, 1.54) is 0 Å². The summed E-state index contributed by atoms with van der Waals surface area (Å²) in [5.41, 5.74) is 10.1. The number of H-pyrrole nitrogens is 1. The van der Waals surface area contributed by atoms with Gasteiger partial charge >= 0.3 is 0 Å². The van der Waals surface area contributed by atoms with Crippen LogP contribution in [0.15, 0.2) is 54.9 Å². The van der Waals surface area contributed by atoms with Crippen molar-refractivity contribution in [2.24, 2.45) is 5.92 Å². The molecule has 7 heteroatoms. The summed E-state index contributed by atoms with van der Waals surface area (Å²) in [4.78, 5) is 21.5. The highest BCUT2D eigenvalue weighted by Crippen LogP contribution is 2.47. The Bertz CT molecular complexity index is 1220. The molecule has 144 valence electrons. The van der Waals surface area contributed by atoms with Gasteiger partial charge in [-0.3, -0.25) is 9.89 Å². The van der Waals surface area contributed by atoms with Crippen molar-refractivity contribution in [3.8, 4) is 11.3 Å². The topological polar surface area (TPSA) is 110 Å². The fourth-order valence-corrected chi connectivity index (χ4v) is 3.76. The molecule has 1 saturated carbocycles. The highest BCUT2D eigenvalue weighted by molar-refractivity contribution is 5.98. The van der Waals surface area contributed by atoms with Crippen LogP contribution in [0, 0.1) is 12.8 Å². The molecule has 0 aliphatic heterocycles. The lowest BCUT2D eigenvalue weighted by Crippen LogP contribution is -2.15. The number of aryl methyl sites for hydroxylation is 1. The number of pyridine rings is 2. The first-order chi connectivity index (χ1) is 14.1. The molecule has 29 heavy (non-hydrogen) atoms. The second-order valence-corrected chi connectivity index (χ2v) is 7.45. The van der Waals surface area contributed by atoms with E-state index in [1.807, 2.05) is 49.4 Å². The largest absolute Gasteiger partial charge is 0.383 e. The van der Waals surface area contributed by atoms with E-state index in [0.29, 0.717) is 11.6 Å². The molecule has 3 heterocycles. The summed E-state index contributed by atoms with van der Waals surface area (Å²) in [5, 5.41) is 11.5. The summed E-state index contributed by atoms with van der Waals surface area (Å²) in [6, 6.07) is 13.8. The summed E-state index contributed by atoms with van der Waals surface area (Å²) >= 11 is 0. The van der Waals surface area contributed by atoms with Crippen molar-refractivity contribution < 1.29 is 4.79 Å². The molecule has 1 aromatic carbocycles. The molecule has 4 aromatic rings. The molecule has 1 aliphatic rings. The summed E-state index contributed by atoms with van der Waals surface area (Å²) in [7, 11) is 0. The number of hydrogen-bond acceptors (Lipinski definition) is 5. The summed E-state index contributed by atoms with van der Waals surface area (Å²) in [6.45, 7) is 2.04. The highest BCUT2D eigenvalue weighted by Gasteiger charge is 2.45. The summed E-state index contributed by atoms with van der Waals surface area (Å²) < 4.78 is 0. The Morgan fingerprint density at radius 2 is 2.10 bits per heavy atom. The lowest BCUT2D eigenvalue weighted by molar-refractivity contribution is -0.117. The van der Waals surface area contributed by atoms with Crippen LogP contribution in [0.1, 0.15) is 23.6 Å². The van der Waals surface area contributed by atoms with Crippen LogP contribution in [0.4, 0.5) is 11.6 Å². The number of aromatic nitrogens is 4. The van der Waals surface area contributed by atoms with Crippen molar-refractivity contribution in [2.45, 2.75) is 19.3 Å². The van der Waals surface area contributed by atoms with Gasteiger partial charge in [-0.25, -0.2) is 9.97 Å². The van der Waals surface area contributed by atoms with Gasteiger partial charge in [-0.2, -0.15) is 5.10 Å². The fourth-order valence-electron chi connectivity index (χ4n) is 3.76. The number of anilines is 2. The number of aromatic amines is 1. The van der Waals surface area contributed by atoms with Crippen molar-refractivity contribution in [2.75, 3.05) is 11.1 Å². The third kappa shape index (κ3) is 3.20. The van der Waals surface area contributed by atoms with Crippen LogP contribution in [-0.2, 0) is 4.79 Å². The predicted molar refractivity (Wildman–Crippen MR) is 112 cm³/mol. The smallest absolute Gasteiger partial charge is 0.229 e. The number of nitrogens with one attached hydrogen (secondary N) is 2. The van der Waals surface area contributed by atoms with Gasteiger partial charge < -0.3 is 11.1 Å². The van der Waals surface area contributed by atoms with Crippen molar-refractivity contribution in [1.29, 1.82) is 0 Å². The van der Waals surface area contributed by atoms with Gasteiger partial charge in [-0.05, 0) is 42.5 Å². The molecule has 3 aromatic heterocycles. The number of amides is 1. The Kier molecular flexibility index (Phi) is 4.01. The minimum absolute atomic E-state index is 0.0300. The Hall–Kier alpha value is -3.74. The van der Waals surface area contributed by atoms with E-state index < -0.39 is 0 Å². The molecule has 0 saturated heterocycles. The zero-order valence-corrected chi connectivity index (χ0v) is 15.9. The zero-order chi connectivity index (χ0) is 20.0. The number of hydrogen-bond donors (Lipinski definition) is 3. The number of carbonyl (C=O) groups is 1. The Balaban J connectivity index is 1.42. The predicted octanol–water partition coefficient (Wildman–Crippen LogP) is 3.65. The SMILES string of the molecule is Cc1ccccc1-c1cc2cc(NC(=O)[C@@H]3C[C@H]3c3ccn[nH]3)ncc2c(N)n1. The Morgan fingerprint density at radius 1 is 1.24 bits per heavy atom. The number of rotatable bonds is 4. The number of fused-ring (bicyclic) bond motifs is 1. The molecule has 0 bridgehead atoms. The van der Waals surface area contributed by atoms with Crippen molar-refractivity contribution in [3.05, 3.63) is 66.1 Å². The van der Waals surface area contributed by atoms with E-state index in [9.17, 15) is 4.79 Å². The third-order valence-electron chi connectivity index (χ3n) is 5.47. The molecule has 1 fully saturated rings. The van der Waals surface area contributed by atoms with Crippen LogP contribution >= 0.6 is 0 Å². The van der Waals surface area contributed by atoms with E-state index in [4.69, 9.17) is 5.73 Å². The van der Waals surface area contributed by atoms with Crippen molar-refractivity contribution >= 4 is 28.3 Å². The van der Waals surface area contributed by atoms with Crippen LogP contribution in [0.5, 0.6) is 0 Å². The second kappa shape index (κ2) is 6.70. The third-order valence-corrected chi connectivity index (χ3v) is 5.47. The molecular weight excluding hydrogens is 364 g/mol. The van der Waals surface area contributed by atoms with E-state index in [1.54, 1.807) is 12.4 Å². The maximum absolute atomic E-state index is 12.6. The zero-order valence-electron chi connectivity index (χ0n) is 15.9. The van der Waals surface area contributed by atoms with E-state index >= 15 is 0 Å². The average molecular weight is 384 g/mol. The first-order valence-corrected chi connectivity index (χ1v) is 9.52. The average Bonchev–Trinajstić information content (AvgIpc) is 3.33. The molecule has 1 amide bonds. The van der Waals surface area contributed by atoms with E-state index in [0.717, 1.165) is 39.7 Å². The number of nitrogens with zero attached hydrogens (tertiary/aromatic N) is 3. The first kappa shape index (κ1) is 17.4. The monoisotopic (exact) mass is 384 g/mol. The quantitative estimate of drug-likeness (QED) is 0.497. The van der Waals surface area contributed by atoms with E-state index in [2.05, 4.69) is 25.5 Å². The van der Waals surface area contributed by atoms with Gasteiger partial charge in [0.1, 0.15) is 11.6 Å². The van der Waals surface area contributed by atoms with Crippen LogP contribution in [0.2, 0.25) is 0 Å². The molecule has 0 unspecified atom stereocenters. The molecule has 1 aliphatic carbocycles. The highest BCUT2D eigenvalue weighted by atomic mass is 16.2. The molecule has 5 rings (SSSR count). The molecule has 0 radical (unpaired) electrons. The minimum atomic E-state index is -0.0574. The first-order valence-electron chi connectivity index (χ1n) is 9.52. The fraction of sp³-hybridized carbons (Fsp3) is 0.182. The maximum atomic E-state index is 12.6. The normalized spacial score (nSPS) is 18.0. The van der Waals surface area contributed by atoms with E-state index in [-0.39, 0.29) is 17.7 Å². The summed E-state index contributed by atoms with van der Waals surface area (Å²) in [6.07, 6.45) is 4.18. The lowest BCUT2D eigenvalue weighted by Gasteiger charge is -2.10. The van der Waals surface area contributed by atoms with Crippen molar-refractivity contribution in [1.82, 2.24) is 20.2 Å². The standard InChI is InChI=1S/C22H20N6O/c1-12-4-2-3-5-14(12)19-8-13-9-20(24-11-17(13)21(23)26-19)27-22(29)16-10-15(16)18-6-7-25-28-18/h2-9,11,15-16H,10H2,1H3,(H2,23,26)(H,25,28)(H,24,27,29)/t15-,16-/m1/s1. The number of carbonyl (C=O) groups excluding carboxylic acids is 1. The van der Waals surface area contributed by atoms with Gasteiger partial charge in [-0.1, -0.05) is 24.3 Å². The maximum Gasteiger partial charge on any atom is 0.229 e. The van der Waals surface area contributed by atoms with Gasteiger partial charge in [0.15, 0.2) is 0 Å². The minimum Gasteiger partial charge on any atom is -0.383 e. The second-order valence-electron chi connectivity index (χ2n) is 7.45. The number of nitrogen functional groups attached to an aromatic ring is 1. The van der Waals surface area contributed by atoms with Crippen LogP contribution in [0.25, 0.3) is 22.0 Å². The molecular formula is C22H20N6O.